The van der Waals surface area contributed by atoms with Gasteiger partial charge in [-0.1, -0.05) is 18.2 Å². The van der Waals surface area contributed by atoms with Crippen LogP contribution in [0.5, 0.6) is 0 Å². The number of hydrogen-bond donors (Lipinski definition) is 0. The average molecular weight is 438 g/mol. The van der Waals surface area contributed by atoms with Gasteiger partial charge in [-0.3, -0.25) is 14.7 Å². The lowest BCUT2D eigenvalue weighted by atomic mass is 10.1. The molecule has 4 rings (SSSR count). The van der Waals surface area contributed by atoms with Crippen LogP contribution >= 0.6 is 11.8 Å². The molecule has 0 spiro atoms. The number of esters is 1. The highest BCUT2D eigenvalue weighted by molar-refractivity contribution is 8.18. The number of fused-ring (bicyclic) bond motifs is 1. The topological polar surface area (TPSA) is 77.0 Å². The molecule has 1 aromatic carbocycles. The molecule has 1 amide bonds. The summed E-state index contributed by atoms with van der Waals surface area (Å²) in [6.45, 7) is 5.58. The zero-order valence-electron chi connectivity index (χ0n) is 17.6. The Morgan fingerprint density at radius 3 is 2.77 bits per heavy atom. The number of aliphatic imine (C=N–C) groups is 1. The monoisotopic (exact) mass is 437 g/mol. The van der Waals surface area contributed by atoms with Gasteiger partial charge in [0.05, 0.1) is 18.6 Å². The first kappa shape index (κ1) is 21.0. The summed E-state index contributed by atoms with van der Waals surface area (Å²) in [5.41, 5.74) is 1.95. The Kier molecular flexibility index (Phi) is 5.99. The molecule has 0 atom stereocenters. The van der Waals surface area contributed by atoms with Crippen molar-refractivity contribution in [2.45, 2.75) is 20.4 Å². The molecule has 160 valence electrons. The van der Waals surface area contributed by atoms with E-state index >= 15 is 0 Å². The molecule has 1 aliphatic heterocycles. The number of thioether (sulfide) groups is 1. The lowest BCUT2D eigenvalue weighted by molar-refractivity contribution is -0.122. The fraction of sp³-hybridized carbons (Fsp3) is 0.261. The van der Waals surface area contributed by atoms with Gasteiger partial charge in [0.1, 0.15) is 5.76 Å². The first-order chi connectivity index (χ1) is 15.0. The molecule has 31 heavy (non-hydrogen) atoms. The third-order valence-electron chi connectivity index (χ3n) is 4.98. The Hall–Kier alpha value is -3.26. The van der Waals surface area contributed by atoms with Gasteiger partial charge in [-0.05, 0) is 49.9 Å². The van der Waals surface area contributed by atoms with Crippen LogP contribution in [0.4, 0.5) is 0 Å². The Morgan fingerprint density at radius 2 is 2.03 bits per heavy atom. The molecule has 0 saturated carbocycles. The largest absolute Gasteiger partial charge is 0.463 e. The van der Waals surface area contributed by atoms with E-state index in [-0.39, 0.29) is 11.7 Å². The SMILES string of the molecule is CCN=C1S/C(=C\c2cn(Cc3ccc(C(=O)OC)o3)c3ccccc23)C(=O)N1CC. The molecular formula is C23H23N3O4S. The number of rotatable bonds is 6. The quantitative estimate of drug-likeness (QED) is 0.422. The number of likely N-dealkylation sites (N-methyl/N-ethyl adjacent to an activating group) is 1. The van der Waals surface area contributed by atoms with Gasteiger partial charge in [0.15, 0.2) is 5.17 Å². The van der Waals surface area contributed by atoms with Gasteiger partial charge >= 0.3 is 5.97 Å². The first-order valence-corrected chi connectivity index (χ1v) is 10.9. The number of furan rings is 1. The number of ether oxygens (including phenoxy) is 1. The number of benzene rings is 1. The van der Waals surface area contributed by atoms with Crippen LogP contribution in [0.2, 0.25) is 0 Å². The number of carbonyl (C=O) groups excluding carboxylic acids is 2. The molecule has 1 aliphatic rings. The van der Waals surface area contributed by atoms with Crippen molar-refractivity contribution < 1.29 is 18.7 Å². The molecule has 3 heterocycles. The minimum Gasteiger partial charge on any atom is -0.463 e. The summed E-state index contributed by atoms with van der Waals surface area (Å²) in [5.74, 6) is 0.286. The van der Waals surface area contributed by atoms with E-state index in [0.717, 1.165) is 21.6 Å². The Balaban J connectivity index is 1.70. The predicted octanol–water partition coefficient (Wildman–Crippen LogP) is 4.38. The second-order valence-corrected chi connectivity index (χ2v) is 7.91. The van der Waals surface area contributed by atoms with Crippen LogP contribution in [0.3, 0.4) is 0 Å². The second kappa shape index (κ2) is 8.85. The molecule has 1 saturated heterocycles. The summed E-state index contributed by atoms with van der Waals surface area (Å²) >= 11 is 1.41. The van der Waals surface area contributed by atoms with Crippen LogP contribution in [-0.4, -0.2) is 46.7 Å². The van der Waals surface area contributed by atoms with E-state index in [9.17, 15) is 9.59 Å². The Labute approximate surface area is 184 Å². The van der Waals surface area contributed by atoms with Crippen molar-refractivity contribution in [3.05, 3.63) is 64.6 Å². The maximum absolute atomic E-state index is 12.8. The Morgan fingerprint density at radius 1 is 1.23 bits per heavy atom. The summed E-state index contributed by atoms with van der Waals surface area (Å²) in [7, 11) is 1.32. The molecule has 3 aromatic rings. The van der Waals surface area contributed by atoms with Gasteiger partial charge in [0.25, 0.3) is 5.91 Å². The molecule has 0 radical (unpaired) electrons. The van der Waals surface area contributed by atoms with Crippen molar-refractivity contribution in [2.24, 2.45) is 4.99 Å². The van der Waals surface area contributed by atoms with Crippen LogP contribution in [-0.2, 0) is 16.1 Å². The van der Waals surface area contributed by atoms with E-state index in [1.165, 1.54) is 18.9 Å². The van der Waals surface area contributed by atoms with Gasteiger partial charge in [0.2, 0.25) is 5.76 Å². The maximum Gasteiger partial charge on any atom is 0.373 e. The minimum absolute atomic E-state index is 0.0229. The molecule has 8 heteroatoms. The molecule has 0 N–H and O–H groups in total. The summed E-state index contributed by atoms with van der Waals surface area (Å²) in [6, 6.07) is 11.4. The fourth-order valence-electron chi connectivity index (χ4n) is 3.54. The first-order valence-electron chi connectivity index (χ1n) is 10.1. The van der Waals surface area contributed by atoms with Crippen LogP contribution in [0.1, 0.15) is 35.7 Å². The number of carbonyl (C=O) groups is 2. The fourth-order valence-corrected chi connectivity index (χ4v) is 4.64. The summed E-state index contributed by atoms with van der Waals surface area (Å²) in [5, 5.41) is 1.78. The van der Waals surface area contributed by atoms with Crippen molar-refractivity contribution in [2.75, 3.05) is 20.2 Å². The molecular weight excluding hydrogens is 414 g/mol. The van der Waals surface area contributed by atoms with Crippen molar-refractivity contribution in [1.29, 1.82) is 0 Å². The van der Waals surface area contributed by atoms with E-state index in [1.54, 1.807) is 17.0 Å². The van der Waals surface area contributed by atoms with Crippen molar-refractivity contribution in [3.8, 4) is 0 Å². The highest BCUT2D eigenvalue weighted by Gasteiger charge is 2.32. The number of amides is 1. The highest BCUT2D eigenvalue weighted by Crippen LogP contribution is 2.34. The highest BCUT2D eigenvalue weighted by atomic mass is 32.2. The zero-order chi connectivity index (χ0) is 22.0. The zero-order valence-corrected chi connectivity index (χ0v) is 18.4. The predicted molar refractivity (Wildman–Crippen MR) is 122 cm³/mol. The smallest absolute Gasteiger partial charge is 0.373 e. The number of para-hydroxylation sites is 1. The van der Waals surface area contributed by atoms with Gasteiger partial charge in [-0.25, -0.2) is 4.79 Å². The van der Waals surface area contributed by atoms with Gasteiger partial charge < -0.3 is 13.7 Å². The number of amidine groups is 1. The number of aromatic nitrogens is 1. The van der Waals surface area contributed by atoms with Crippen LogP contribution < -0.4 is 0 Å². The third-order valence-corrected chi connectivity index (χ3v) is 6.02. The molecule has 7 nitrogen and oxygen atoms in total. The lowest BCUT2D eigenvalue weighted by Gasteiger charge is -2.11. The summed E-state index contributed by atoms with van der Waals surface area (Å²) < 4.78 is 12.4. The van der Waals surface area contributed by atoms with Crippen LogP contribution in [0.15, 0.2) is 56.9 Å². The standard InChI is InChI=1S/C23H23N3O4S/c1-4-24-23-26(5-2)21(27)20(31-23)12-15-13-25(18-9-7-6-8-17(15)18)14-16-10-11-19(30-16)22(28)29-3/h6-13H,4-5,14H2,1-3H3/b20-12-,24-23?. The molecule has 0 bridgehead atoms. The van der Waals surface area contributed by atoms with Crippen LogP contribution in [0, 0.1) is 0 Å². The van der Waals surface area contributed by atoms with Crippen molar-refractivity contribution >= 4 is 45.8 Å². The van der Waals surface area contributed by atoms with E-state index < -0.39 is 5.97 Å². The second-order valence-electron chi connectivity index (χ2n) is 6.90. The lowest BCUT2D eigenvalue weighted by Crippen LogP contribution is -2.28. The molecule has 2 aromatic heterocycles. The van der Waals surface area contributed by atoms with Gasteiger partial charge in [-0.2, -0.15) is 0 Å². The van der Waals surface area contributed by atoms with E-state index in [0.29, 0.717) is 30.3 Å². The van der Waals surface area contributed by atoms with E-state index in [2.05, 4.69) is 4.99 Å². The molecule has 0 aliphatic carbocycles. The Bertz CT molecular complexity index is 1200. The number of nitrogens with zero attached hydrogens (tertiary/aromatic N) is 3. The maximum atomic E-state index is 12.8. The number of hydrogen-bond acceptors (Lipinski definition) is 6. The van der Waals surface area contributed by atoms with Gasteiger partial charge in [0, 0.05) is 35.8 Å². The van der Waals surface area contributed by atoms with Gasteiger partial charge in [-0.15, -0.1) is 0 Å². The van der Waals surface area contributed by atoms with E-state index in [1.807, 2.05) is 55.0 Å². The van der Waals surface area contributed by atoms with E-state index in [4.69, 9.17) is 9.15 Å². The minimum atomic E-state index is -0.504. The summed E-state index contributed by atoms with van der Waals surface area (Å²) in [4.78, 5) is 31.3. The number of methoxy groups -OCH3 is 1. The van der Waals surface area contributed by atoms with Crippen molar-refractivity contribution in [3.63, 3.8) is 0 Å². The molecule has 0 unspecified atom stereocenters. The molecule has 1 fully saturated rings. The van der Waals surface area contributed by atoms with Crippen molar-refractivity contribution in [1.82, 2.24) is 9.47 Å². The normalized spacial score (nSPS) is 16.7. The third kappa shape index (κ3) is 4.03. The summed E-state index contributed by atoms with van der Waals surface area (Å²) in [6.07, 6.45) is 3.92. The van der Waals surface area contributed by atoms with Crippen LogP contribution in [0.25, 0.3) is 17.0 Å². The average Bonchev–Trinajstić information content (AvgIpc) is 3.46.